The Bertz CT molecular complexity index is 1530. The monoisotopic (exact) mass is 507 g/mol. The number of rotatable bonds is 9. The van der Waals surface area contributed by atoms with Crippen LogP contribution in [0.1, 0.15) is 10.4 Å². The van der Waals surface area contributed by atoms with Crippen molar-refractivity contribution in [2.45, 2.75) is 6.04 Å². The molecule has 0 fully saturated rings. The number of anilines is 3. The van der Waals surface area contributed by atoms with Gasteiger partial charge in [0.05, 0.1) is 17.6 Å². The Hall–Kier alpha value is -5.25. The average molecular weight is 508 g/mol. The Balaban J connectivity index is 1.38. The van der Waals surface area contributed by atoms with E-state index in [0.717, 1.165) is 11.4 Å². The molecule has 0 bridgehead atoms. The molecule has 0 aliphatic heterocycles. The number of carbonyl (C=O) groups excluding carboxylic acids is 1. The molecule has 5 aromatic rings. The molecule has 10 heteroatoms. The number of carboxylic acids is 1. The van der Waals surface area contributed by atoms with Gasteiger partial charge in [-0.3, -0.25) is 4.79 Å². The summed E-state index contributed by atoms with van der Waals surface area (Å²) in [6.45, 7) is 0.0348. The lowest BCUT2D eigenvalue weighted by Crippen LogP contribution is -2.47. The molecule has 2 aromatic heterocycles. The van der Waals surface area contributed by atoms with Crippen LogP contribution in [-0.2, 0) is 4.79 Å². The zero-order valence-corrected chi connectivity index (χ0v) is 20.5. The predicted octanol–water partition coefficient (Wildman–Crippen LogP) is 4.08. The van der Waals surface area contributed by atoms with Gasteiger partial charge in [-0.15, -0.1) is 0 Å². The molecule has 10 nitrogen and oxygen atoms in total. The van der Waals surface area contributed by atoms with Gasteiger partial charge < -0.3 is 25.6 Å². The highest BCUT2D eigenvalue weighted by Crippen LogP contribution is 2.25. The van der Waals surface area contributed by atoms with E-state index in [1.54, 1.807) is 37.5 Å². The number of amides is 1. The Labute approximate surface area is 218 Å². The van der Waals surface area contributed by atoms with Gasteiger partial charge in [-0.25, -0.2) is 19.7 Å². The first-order valence-corrected chi connectivity index (χ1v) is 11.9. The minimum Gasteiger partial charge on any atom is -0.480 e. The summed E-state index contributed by atoms with van der Waals surface area (Å²) >= 11 is 0. The summed E-state index contributed by atoms with van der Waals surface area (Å²) in [6, 6.07) is 24.4. The van der Waals surface area contributed by atoms with Gasteiger partial charge in [0.15, 0.2) is 5.82 Å². The number of para-hydroxylation sites is 2. The predicted molar refractivity (Wildman–Crippen MR) is 145 cm³/mol. The smallest absolute Gasteiger partial charge is 0.328 e. The van der Waals surface area contributed by atoms with Crippen LogP contribution in [0.5, 0.6) is 0 Å². The minimum atomic E-state index is -1.17. The van der Waals surface area contributed by atoms with E-state index in [2.05, 4.69) is 30.6 Å². The van der Waals surface area contributed by atoms with Gasteiger partial charge in [0, 0.05) is 30.2 Å². The second kappa shape index (κ2) is 10.8. The second-order valence-corrected chi connectivity index (χ2v) is 8.48. The number of aliphatic carboxylic acids is 1. The van der Waals surface area contributed by atoms with Crippen molar-refractivity contribution in [1.29, 1.82) is 0 Å². The van der Waals surface area contributed by atoms with Crippen LogP contribution in [0.3, 0.4) is 0 Å². The third kappa shape index (κ3) is 5.29. The van der Waals surface area contributed by atoms with E-state index >= 15 is 0 Å². The number of nitrogens with one attached hydrogen (secondary N) is 3. The van der Waals surface area contributed by atoms with Crippen LogP contribution >= 0.6 is 0 Å². The molecule has 1 atom stereocenters. The quantitative estimate of drug-likeness (QED) is 0.234. The number of carboxylic acid groups (broad SMARTS) is 1. The molecule has 0 spiro atoms. The molecule has 1 amide bonds. The van der Waals surface area contributed by atoms with Crippen molar-refractivity contribution in [3.63, 3.8) is 0 Å². The first kappa shape index (κ1) is 24.4. The molecule has 0 aliphatic rings. The lowest BCUT2D eigenvalue weighted by molar-refractivity contribution is -0.138. The van der Waals surface area contributed by atoms with E-state index in [4.69, 9.17) is 0 Å². The van der Waals surface area contributed by atoms with Gasteiger partial charge in [-0.1, -0.05) is 36.4 Å². The molecule has 38 heavy (non-hydrogen) atoms. The Kier molecular flexibility index (Phi) is 6.94. The fraction of sp³-hybridized carbons (Fsp3) is 0.107. The van der Waals surface area contributed by atoms with Crippen molar-refractivity contribution in [3.8, 4) is 11.5 Å². The maximum atomic E-state index is 13.2. The Morgan fingerprint density at radius 3 is 2.26 bits per heavy atom. The lowest BCUT2D eigenvalue weighted by atomic mass is 10.1. The second-order valence-electron chi connectivity index (χ2n) is 8.48. The van der Waals surface area contributed by atoms with E-state index in [-0.39, 0.29) is 6.54 Å². The number of carbonyl (C=O) groups is 2. The fourth-order valence-corrected chi connectivity index (χ4v) is 4.07. The van der Waals surface area contributed by atoms with E-state index in [0.29, 0.717) is 34.1 Å². The van der Waals surface area contributed by atoms with Crippen molar-refractivity contribution >= 4 is 40.2 Å². The summed E-state index contributed by atoms with van der Waals surface area (Å²) < 4.78 is 0. The summed E-state index contributed by atoms with van der Waals surface area (Å²) in [5, 5.41) is 15.5. The molecule has 5 rings (SSSR count). The molecule has 0 radical (unpaired) electrons. The largest absolute Gasteiger partial charge is 0.480 e. The highest BCUT2D eigenvalue weighted by Gasteiger charge is 2.25. The van der Waals surface area contributed by atoms with Gasteiger partial charge in [0.2, 0.25) is 5.95 Å². The third-order valence-electron chi connectivity index (χ3n) is 5.97. The summed E-state index contributed by atoms with van der Waals surface area (Å²) in [7, 11) is 1.73. The van der Waals surface area contributed by atoms with Crippen LogP contribution < -0.4 is 15.5 Å². The number of aromatic amines is 1. The van der Waals surface area contributed by atoms with Crippen LogP contribution in [0.4, 0.5) is 17.3 Å². The fourth-order valence-electron chi connectivity index (χ4n) is 4.07. The molecule has 4 N–H and O–H groups in total. The topological polar surface area (TPSA) is 136 Å². The molecule has 0 saturated heterocycles. The first-order valence-electron chi connectivity index (χ1n) is 11.9. The summed E-state index contributed by atoms with van der Waals surface area (Å²) in [6.07, 6.45) is 1.63. The van der Waals surface area contributed by atoms with Crippen LogP contribution in [0.15, 0.2) is 91.1 Å². The molecule has 0 aliphatic carbocycles. The number of hydrogen-bond donors (Lipinski definition) is 4. The van der Waals surface area contributed by atoms with Crippen molar-refractivity contribution in [3.05, 3.63) is 96.7 Å². The van der Waals surface area contributed by atoms with Gasteiger partial charge in [0.25, 0.3) is 5.91 Å². The number of imidazole rings is 1. The maximum Gasteiger partial charge on any atom is 0.328 e. The zero-order chi connectivity index (χ0) is 26.5. The summed E-state index contributed by atoms with van der Waals surface area (Å²) in [5.74, 6) is -0.649. The summed E-state index contributed by atoms with van der Waals surface area (Å²) in [4.78, 5) is 43.5. The lowest BCUT2D eigenvalue weighted by Gasteiger charge is -2.28. The Morgan fingerprint density at radius 2 is 1.63 bits per heavy atom. The molecular weight excluding hydrogens is 482 g/mol. The van der Waals surface area contributed by atoms with Gasteiger partial charge in [0.1, 0.15) is 11.7 Å². The number of hydrogen-bond acceptors (Lipinski definition) is 7. The maximum absolute atomic E-state index is 13.2. The SMILES string of the molecule is CNc1nccc(-c2nc3ccc(C(=O)N[C@@H](CN(c4ccccc4)c4ccccc4)C(=O)O)cc3[nH]2)n1. The number of benzene rings is 3. The number of fused-ring (bicyclic) bond motifs is 1. The van der Waals surface area contributed by atoms with Crippen molar-refractivity contribution in [2.75, 3.05) is 23.8 Å². The van der Waals surface area contributed by atoms with Crippen molar-refractivity contribution in [2.24, 2.45) is 0 Å². The minimum absolute atomic E-state index is 0.0348. The standard InChI is InChI=1S/C28H25N7O3/c1-29-28-30-15-14-22(34-28)25-31-21-13-12-18(16-23(21)32-25)26(36)33-24(27(37)38)17-35(19-8-4-2-5-9-19)20-10-6-3-7-11-20/h2-16,24H,17H2,1H3,(H,31,32)(H,33,36)(H,37,38)(H,29,30,34)/t24-/m0/s1. The van der Waals surface area contributed by atoms with E-state index in [9.17, 15) is 14.7 Å². The van der Waals surface area contributed by atoms with E-state index < -0.39 is 17.9 Å². The van der Waals surface area contributed by atoms with Gasteiger partial charge >= 0.3 is 5.97 Å². The number of nitrogens with zero attached hydrogens (tertiary/aromatic N) is 4. The molecule has 2 heterocycles. The van der Waals surface area contributed by atoms with Crippen LogP contribution in [0.25, 0.3) is 22.6 Å². The van der Waals surface area contributed by atoms with Crippen LogP contribution in [0.2, 0.25) is 0 Å². The normalized spacial score (nSPS) is 11.6. The molecule has 190 valence electrons. The highest BCUT2D eigenvalue weighted by molar-refractivity contribution is 5.99. The molecule has 3 aromatic carbocycles. The van der Waals surface area contributed by atoms with E-state index in [1.165, 1.54) is 0 Å². The van der Waals surface area contributed by atoms with Crippen molar-refractivity contribution in [1.82, 2.24) is 25.3 Å². The molecule has 0 saturated carbocycles. The molecule has 0 unspecified atom stereocenters. The van der Waals surface area contributed by atoms with Crippen LogP contribution in [0, 0.1) is 0 Å². The highest BCUT2D eigenvalue weighted by atomic mass is 16.4. The third-order valence-corrected chi connectivity index (χ3v) is 5.97. The Morgan fingerprint density at radius 1 is 0.947 bits per heavy atom. The molecular formula is C28H25N7O3. The van der Waals surface area contributed by atoms with Gasteiger partial charge in [-0.2, -0.15) is 0 Å². The van der Waals surface area contributed by atoms with Crippen molar-refractivity contribution < 1.29 is 14.7 Å². The van der Waals surface area contributed by atoms with Gasteiger partial charge in [-0.05, 0) is 48.5 Å². The number of aromatic nitrogens is 4. The van der Waals surface area contributed by atoms with Crippen LogP contribution in [-0.4, -0.2) is 56.6 Å². The van der Waals surface area contributed by atoms with E-state index in [1.807, 2.05) is 65.6 Å². The number of H-pyrrole nitrogens is 1. The first-order chi connectivity index (χ1) is 18.5. The zero-order valence-electron chi connectivity index (χ0n) is 20.5. The summed E-state index contributed by atoms with van der Waals surface area (Å²) in [5.41, 5.74) is 3.81. The average Bonchev–Trinajstić information content (AvgIpc) is 3.39.